The van der Waals surface area contributed by atoms with Crippen LogP contribution in [-0.4, -0.2) is 48.9 Å². The molecular formula is C24H25Cl2N3O. The average Bonchev–Trinajstić information content (AvgIpc) is 2.73. The van der Waals surface area contributed by atoms with Crippen molar-refractivity contribution in [2.45, 2.75) is 12.6 Å². The van der Waals surface area contributed by atoms with E-state index in [-0.39, 0.29) is 11.9 Å². The Labute approximate surface area is 187 Å². The van der Waals surface area contributed by atoms with E-state index in [1.54, 1.807) is 6.07 Å². The lowest BCUT2D eigenvalue weighted by molar-refractivity contribution is -0.127. The first kappa shape index (κ1) is 21.1. The predicted octanol–water partition coefficient (Wildman–Crippen LogP) is 4.75. The topological polar surface area (TPSA) is 35.6 Å². The Hall–Kier alpha value is -2.11. The molecule has 3 aromatic carbocycles. The minimum Gasteiger partial charge on any atom is -0.350 e. The predicted molar refractivity (Wildman–Crippen MR) is 124 cm³/mol. The molecule has 156 valence electrons. The average molecular weight is 442 g/mol. The van der Waals surface area contributed by atoms with Crippen molar-refractivity contribution in [3.05, 3.63) is 81.8 Å². The van der Waals surface area contributed by atoms with Gasteiger partial charge in [-0.25, -0.2) is 0 Å². The number of hydrogen-bond donors (Lipinski definition) is 1. The standard InChI is InChI=1S/C24H25Cl2N3O/c1-28-9-11-29(12-10-28)23(22-8-4-6-18-5-2-3-7-21(18)22)24(30)27-16-17-13-19(25)15-20(26)14-17/h2-8,13-15,23H,9-12,16H2,1H3,(H,27,30). The molecule has 0 spiro atoms. The number of amides is 1. The number of rotatable bonds is 5. The van der Waals surface area contributed by atoms with Gasteiger partial charge in [-0.2, -0.15) is 0 Å². The second-order valence-electron chi connectivity index (χ2n) is 7.81. The van der Waals surface area contributed by atoms with Crippen LogP contribution in [0.15, 0.2) is 60.7 Å². The van der Waals surface area contributed by atoms with Crippen molar-refractivity contribution in [1.29, 1.82) is 0 Å². The Kier molecular flexibility index (Phi) is 6.59. The number of benzene rings is 3. The highest BCUT2D eigenvalue weighted by Crippen LogP contribution is 2.30. The van der Waals surface area contributed by atoms with Crippen LogP contribution in [0.4, 0.5) is 0 Å². The molecule has 1 heterocycles. The van der Waals surface area contributed by atoms with Gasteiger partial charge in [-0.15, -0.1) is 0 Å². The highest BCUT2D eigenvalue weighted by Gasteiger charge is 2.30. The third-order valence-corrected chi connectivity index (χ3v) is 6.09. The Morgan fingerprint density at radius 3 is 2.37 bits per heavy atom. The summed E-state index contributed by atoms with van der Waals surface area (Å²) in [7, 11) is 2.12. The molecule has 0 saturated carbocycles. The fourth-order valence-electron chi connectivity index (χ4n) is 4.07. The van der Waals surface area contributed by atoms with Gasteiger partial charge in [-0.05, 0) is 47.1 Å². The molecule has 1 aliphatic heterocycles. The van der Waals surface area contributed by atoms with E-state index >= 15 is 0 Å². The molecule has 0 aliphatic carbocycles. The van der Waals surface area contributed by atoms with Gasteiger partial charge in [0.2, 0.25) is 5.91 Å². The molecule has 1 unspecified atom stereocenters. The number of nitrogens with zero attached hydrogens (tertiary/aromatic N) is 2. The minimum absolute atomic E-state index is 0.00740. The maximum atomic E-state index is 13.5. The van der Waals surface area contributed by atoms with E-state index in [2.05, 4.69) is 46.4 Å². The minimum atomic E-state index is -0.348. The van der Waals surface area contributed by atoms with Crippen LogP contribution < -0.4 is 5.32 Å². The summed E-state index contributed by atoms with van der Waals surface area (Å²) in [5.74, 6) is -0.00740. The molecule has 1 N–H and O–H groups in total. The van der Waals surface area contributed by atoms with Crippen molar-refractivity contribution in [3.8, 4) is 0 Å². The van der Waals surface area contributed by atoms with Crippen LogP contribution in [-0.2, 0) is 11.3 Å². The summed E-state index contributed by atoms with van der Waals surface area (Å²) >= 11 is 12.2. The number of halogens is 2. The van der Waals surface area contributed by atoms with Gasteiger partial charge >= 0.3 is 0 Å². The Balaban J connectivity index is 1.63. The molecule has 0 aromatic heterocycles. The summed E-state index contributed by atoms with van der Waals surface area (Å²) in [6.07, 6.45) is 0. The van der Waals surface area contributed by atoms with E-state index in [1.807, 2.05) is 30.3 Å². The number of fused-ring (bicyclic) bond motifs is 1. The number of carbonyl (C=O) groups excluding carboxylic acids is 1. The molecule has 0 bridgehead atoms. The molecular weight excluding hydrogens is 417 g/mol. The molecule has 1 atom stereocenters. The van der Waals surface area contributed by atoms with E-state index in [9.17, 15) is 4.79 Å². The second-order valence-corrected chi connectivity index (χ2v) is 8.68. The smallest absolute Gasteiger partial charge is 0.242 e. The van der Waals surface area contributed by atoms with Crippen LogP contribution in [0.25, 0.3) is 10.8 Å². The summed E-state index contributed by atoms with van der Waals surface area (Å²) in [6, 6.07) is 19.4. The molecule has 1 saturated heterocycles. The monoisotopic (exact) mass is 441 g/mol. The van der Waals surface area contributed by atoms with E-state index in [0.29, 0.717) is 16.6 Å². The third kappa shape index (κ3) is 4.79. The fourth-order valence-corrected chi connectivity index (χ4v) is 4.64. The lowest BCUT2D eigenvalue weighted by Crippen LogP contribution is -2.49. The molecule has 1 aliphatic rings. The van der Waals surface area contributed by atoms with E-state index < -0.39 is 0 Å². The van der Waals surface area contributed by atoms with Crippen molar-refractivity contribution >= 4 is 39.9 Å². The van der Waals surface area contributed by atoms with E-state index in [1.165, 1.54) is 0 Å². The lowest BCUT2D eigenvalue weighted by Gasteiger charge is -2.37. The molecule has 3 aromatic rings. The molecule has 4 nitrogen and oxygen atoms in total. The van der Waals surface area contributed by atoms with Gasteiger partial charge in [-0.1, -0.05) is 65.7 Å². The lowest BCUT2D eigenvalue weighted by atomic mass is 9.96. The number of piperazine rings is 1. The largest absolute Gasteiger partial charge is 0.350 e. The first-order chi connectivity index (χ1) is 14.5. The molecule has 30 heavy (non-hydrogen) atoms. The van der Waals surface area contributed by atoms with Gasteiger partial charge in [0.15, 0.2) is 0 Å². The van der Waals surface area contributed by atoms with Crippen LogP contribution in [0.2, 0.25) is 10.0 Å². The van der Waals surface area contributed by atoms with Crippen LogP contribution in [0.5, 0.6) is 0 Å². The Morgan fingerprint density at radius 1 is 0.967 bits per heavy atom. The van der Waals surface area contributed by atoms with Gasteiger partial charge in [0.25, 0.3) is 0 Å². The summed E-state index contributed by atoms with van der Waals surface area (Å²) in [6.45, 7) is 3.96. The zero-order chi connectivity index (χ0) is 21.1. The Morgan fingerprint density at radius 2 is 1.63 bits per heavy atom. The van der Waals surface area contributed by atoms with Crippen LogP contribution in [0, 0.1) is 0 Å². The number of carbonyl (C=O) groups is 1. The number of hydrogen-bond acceptors (Lipinski definition) is 3. The molecule has 4 rings (SSSR count). The quantitative estimate of drug-likeness (QED) is 0.620. The van der Waals surface area contributed by atoms with Crippen LogP contribution in [0.1, 0.15) is 17.2 Å². The first-order valence-electron chi connectivity index (χ1n) is 10.1. The summed E-state index contributed by atoms with van der Waals surface area (Å²) in [5.41, 5.74) is 1.93. The van der Waals surface area contributed by atoms with Crippen molar-refractivity contribution in [2.24, 2.45) is 0 Å². The molecule has 6 heteroatoms. The first-order valence-corrected chi connectivity index (χ1v) is 10.9. The van der Waals surface area contributed by atoms with Crippen molar-refractivity contribution in [3.63, 3.8) is 0 Å². The highest BCUT2D eigenvalue weighted by atomic mass is 35.5. The highest BCUT2D eigenvalue weighted by molar-refractivity contribution is 6.34. The zero-order valence-electron chi connectivity index (χ0n) is 16.9. The van der Waals surface area contributed by atoms with Crippen molar-refractivity contribution in [2.75, 3.05) is 33.2 Å². The Bertz CT molecular complexity index is 1020. The van der Waals surface area contributed by atoms with E-state index in [4.69, 9.17) is 23.2 Å². The van der Waals surface area contributed by atoms with Gasteiger partial charge < -0.3 is 10.2 Å². The molecule has 1 fully saturated rings. The van der Waals surface area contributed by atoms with Crippen molar-refractivity contribution in [1.82, 2.24) is 15.1 Å². The SMILES string of the molecule is CN1CCN(C(C(=O)NCc2cc(Cl)cc(Cl)c2)c2cccc3ccccc23)CC1. The summed E-state index contributed by atoms with van der Waals surface area (Å²) in [4.78, 5) is 18.1. The third-order valence-electron chi connectivity index (χ3n) is 5.66. The van der Waals surface area contributed by atoms with Crippen LogP contribution in [0.3, 0.4) is 0 Å². The molecule has 1 amide bonds. The maximum absolute atomic E-state index is 13.5. The second kappa shape index (κ2) is 9.36. The molecule has 0 radical (unpaired) electrons. The van der Waals surface area contributed by atoms with Crippen molar-refractivity contribution < 1.29 is 4.79 Å². The zero-order valence-corrected chi connectivity index (χ0v) is 18.5. The number of likely N-dealkylation sites (N-methyl/N-ethyl adjacent to an activating group) is 1. The fraction of sp³-hybridized carbons (Fsp3) is 0.292. The maximum Gasteiger partial charge on any atom is 0.242 e. The van der Waals surface area contributed by atoms with E-state index in [0.717, 1.165) is 48.1 Å². The van der Waals surface area contributed by atoms with Gasteiger partial charge in [0.05, 0.1) is 0 Å². The van der Waals surface area contributed by atoms with Gasteiger partial charge in [0, 0.05) is 42.8 Å². The van der Waals surface area contributed by atoms with Gasteiger partial charge in [0.1, 0.15) is 6.04 Å². The van der Waals surface area contributed by atoms with Gasteiger partial charge in [-0.3, -0.25) is 9.69 Å². The van der Waals surface area contributed by atoms with Crippen LogP contribution >= 0.6 is 23.2 Å². The number of nitrogens with one attached hydrogen (secondary N) is 1. The normalized spacial score (nSPS) is 16.5. The summed E-state index contributed by atoms with van der Waals surface area (Å²) < 4.78 is 0. The summed E-state index contributed by atoms with van der Waals surface area (Å²) in [5, 5.41) is 6.50.